The van der Waals surface area contributed by atoms with Crippen LogP contribution in [0.3, 0.4) is 0 Å². The largest absolute Gasteiger partial charge is 0.507 e. The summed E-state index contributed by atoms with van der Waals surface area (Å²) in [6.45, 7) is 3.46. The fourth-order valence-corrected chi connectivity index (χ4v) is 2.08. The number of rotatable bonds is 2. The normalized spacial score (nSPS) is 17.3. The Balaban J connectivity index is 2.22. The van der Waals surface area contributed by atoms with Crippen LogP contribution in [0.4, 0.5) is 0 Å². The Kier molecular flexibility index (Phi) is 3.25. The smallest absolute Gasteiger partial charge is 0.169 e. The number of aromatic hydroxyl groups is 1. The molecule has 0 aliphatic carbocycles. The van der Waals surface area contributed by atoms with Crippen LogP contribution in [0.2, 0.25) is 0 Å². The van der Waals surface area contributed by atoms with Gasteiger partial charge in [0.05, 0.1) is 5.56 Å². The van der Waals surface area contributed by atoms with Gasteiger partial charge in [-0.3, -0.25) is 4.79 Å². The van der Waals surface area contributed by atoms with Gasteiger partial charge in [0.2, 0.25) is 0 Å². The number of carbonyl (C=O) groups excluding carboxylic acids is 1. The second kappa shape index (κ2) is 4.66. The van der Waals surface area contributed by atoms with Gasteiger partial charge in [0, 0.05) is 19.0 Å². The monoisotopic (exact) mass is 218 g/mol. The van der Waals surface area contributed by atoms with Crippen LogP contribution in [-0.4, -0.2) is 24.0 Å². The van der Waals surface area contributed by atoms with Crippen molar-refractivity contribution in [2.75, 3.05) is 13.1 Å². The fourth-order valence-electron chi connectivity index (χ4n) is 2.08. The highest BCUT2D eigenvalue weighted by molar-refractivity contribution is 6.00. The van der Waals surface area contributed by atoms with Gasteiger partial charge in [-0.2, -0.15) is 0 Å². The Morgan fingerprint density at radius 3 is 2.75 bits per heavy atom. The molecular formula is C13H16NO2. The van der Waals surface area contributed by atoms with E-state index in [1.807, 2.05) is 13.0 Å². The predicted octanol–water partition coefficient (Wildman–Crippen LogP) is 1.90. The quantitative estimate of drug-likeness (QED) is 0.771. The molecule has 1 N–H and O–H groups in total. The molecule has 3 nitrogen and oxygen atoms in total. The molecule has 16 heavy (non-hydrogen) atoms. The summed E-state index contributed by atoms with van der Waals surface area (Å²) in [6.07, 6.45) is 1.62. The van der Waals surface area contributed by atoms with E-state index in [2.05, 4.69) is 5.32 Å². The van der Waals surface area contributed by atoms with E-state index in [1.165, 1.54) is 0 Å². The molecule has 1 fully saturated rings. The van der Waals surface area contributed by atoms with Gasteiger partial charge in [-0.05, 0) is 31.9 Å². The van der Waals surface area contributed by atoms with Crippen molar-refractivity contribution in [2.24, 2.45) is 5.92 Å². The number of hydrogen-bond acceptors (Lipinski definition) is 2. The molecule has 0 unspecified atom stereocenters. The minimum atomic E-state index is 0.0326. The summed E-state index contributed by atoms with van der Waals surface area (Å²) in [5, 5.41) is 13.9. The molecule has 85 valence electrons. The van der Waals surface area contributed by atoms with Gasteiger partial charge >= 0.3 is 0 Å². The lowest BCUT2D eigenvalue weighted by atomic mass is 9.89. The van der Waals surface area contributed by atoms with Crippen molar-refractivity contribution in [3.8, 4) is 5.75 Å². The minimum Gasteiger partial charge on any atom is -0.507 e. The Bertz CT molecular complexity index is 395. The van der Waals surface area contributed by atoms with Crippen LogP contribution in [-0.2, 0) is 0 Å². The first-order chi connectivity index (χ1) is 7.68. The van der Waals surface area contributed by atoms with E-state index in [-0.39, 0.29) is 17.5 Å². The molecule has 0 saturated carbocycles. The lowest BCUT2D eigenvalue weighted by molar-refractivity contribution is 0.0891. The number of piperidine rings is 1. The van der Waals surface area contributed by atoms with E-state index in [1.54, 1.807) is 12.1 Å². The topological polar surface area (TPSA) is 51.4 Å². The zero-order valence-corrected chi connectivity index (χ0v) is 9.44. The standard InChI is InChI=1S/C13H16NO2/c1-9-2-3-12(15)11(8-9)13(16)10-4-6-14-7-5-10/h2-3,8,10,15H,4-7H2,1H3. The van der Waals surface area contributed by atoms with Crippen molar-refractivity contribution in [2.45, 2.75) is 19.8 Å². The van der Waals surface area contributed by atoms with Gasteiger partial charge in [0.15, 0.2) is 5.78 Å². The maximum Gasteiger partial charge on any atom is 0.169 e. The van der Waals surface area contributed by atoms with Crippen LogP contribution < -0.4 is 5.32 Å². The molecule has 1 radical (unpaired) electrons. The Morgan fingerprint density at radius 2 is 2.06 bits per heavy atom. The lowest BCUT2D eigenvalue weighted by Gasteiger charge is -2.20. The summed E-state index contributed by atoms with van der Waals surface area (Å²) < 4.78 is 0. The fraction of sp³-hybridized carbons (Fsp3) is 0.462. The summed E-state index contributed by atoms with van der Waals surface area (Å²) >= 11 is 0. The average Bonchev–Trinajstić information content (AvgIpc) is 2.32. The van der Waals surface area contributed by atoms with Crippen molar-refractivity contribution in [3.63, 3.8) is 0 Å². The zero-order chi connectivity index (χ0) is 11.5. The molecule has 0 aromatic heterocycles. The average molecular weight is 218 g/mol. The van der Waals surface area contributed by atoms with E-state index >= 15 is 0 Å². The van der Waals surface area contributed by atoms with Gasteiger partial charge < -0.3 is 5.11 Å². The van der Waals surface area contributed by atoms with Crippen molar-refractivity contribution < 1.29 is 9.90 Å². The molecule has 1 aliphatic rings. The maximum absolute atomic E-state index is 12.2. The Labute approximate surface area is 95.5 Å². The maximum atomic E-state index is 12.2. The molecular weight excluding hydrogens is 202 g/mol. The third-order valence-electron chi connectivity index (χ3n) is 3.06. The Hall–Kier alpha value is -1.35. The predicted molar refractivity (Wildman–Crippen MR) is 61.8 cm³/mol. The van der Waals surface area contributed by atoms with Crippen molar-refractivity contribution in [1.29, 1.82) is 0 Å². The van der Waals surface area contributed by atoms with Crippen molar-refractivity contribution in [3.05, 3.63) is 29.3 Å². The summed E-state index contributed by atoms with van der Waals surface area (Å²) in [5.74, 6) is 0.194. The molecule has 1 aliphatic heterocycles. The molecule has 2 rings (SSSR count). The van der Waals surface area contributed by atoms with Crippen LogP contribution in [0.1, 0.15) is 28.8 Å². The highest BCUT2D eigenvalue weighted by Gasteiger charge is 2.24. The molecule has 1 saturated heterocycles. The van der Waals surface area contributed by atoms with Crippen molar-refractivity contribution >= 4 is 5.78 Å². The summed E-state index contributed by atoms with van der Waals surface area (Å²) in [6, 6.07) is 5.17. The molecule has 0 atom stereocenters. The molecule has 0 bridgehead atoms. The Morgan fingerprint density at radius 1 is 1.38 bits per heavy atom. The van der Waals surface area contributed by atoms with Crippen molar-refractivity contribution in [1.82, 2.24) is 5.32 Å². The van der Waals surface area contributed by atoms with Crippen LogP contribution >= 0.6 is 0 Å². The first kappa shape index (κ1) is 11.1. The number of aryl methyl sites for hydroxylation is 1. The SMILES string of the molecule is Cc1ccc(O)c(C(=O)C2CC[N]CC2)c1. The molecule has 3 heteroatoms. The summed E-state index contributed by atoms with van der Waals surface area (Å²) in [7, 11) is 0. The second-order valence-electron chi connectivity index (χ2n) is 4.33. The highest BCUT2D eigenvalue weighted by Crippen LogP contribution is 2.25. The number of phenols is 1. The van der Waals surface area contributed by atoms with Crippen LogP contribution in [0, 0.1) is 12.8 Å². The van der Waals surface area contributed by atoms with Gasteiger partial charge in [0.25, 0.3) is 0 Å². The third kappa shape index (κ3) is 2.25. The summed E-state index contributed by atoms with van der Waals surface area (Å²) in [4.78, 5) is 12.2. The van der Waals surface area contributed by atoms with E-state index in [0.29, 0.717) is 5.56 Å². The number of carbonyl (C=O) groups is 1. The zero-order valence-electron chi connectivity index (χ0n) is 9.44. The van der Waals surface area contributed by atoms with Gasteiger partial charge in [0.1, 0.15) is 5.75 Å². The lowest BCUT2D eigenvalue weighted by Crippen LogP contribution is -2.28. The number of Topliss-reactive ketones (excluding diaryl/α,β-unsaturated/α-hetero) is 1. The highest BCUT2D eigenvalue weighted by atomic mass is 16.3. The number of hydrogen-bond donors (Lipinski definition) is 1. The van der Waals surface area contributed by atoms with Crippen LogP contribution in [0.15, 0.2) is 18.2 Å². The molecule has 1 heterocycles. The molecule has 0 spiro atoms. The number of benzene rings is 1. The number of phenolic OH excluding ortho intramolecular Hbond substituents is 1. The number of nitrogens with zero attached hydrogens (tertiary/aromatic N) is 1. The van der Waals surface area contributed by atoms with E-state index in [0.717, 1.165) is 31.5 Å². The second-order valence-corrected chi connectivity index (χ2v) is 4.33. The van der Waals surface area contributed by atoms with E-state index in [4.69, 9.17) is 0 Å². The molecule has 1 aromatic rings. The molecule has 1 aromatic carbocycles. The first-order valence-electron chi connectivity index (χ1n) is 5.65. The van der Waals surface area contributed by atoms with E-state index in [9.17, 15) is 9.90 Å². The first-order valence-corrected chi connectivity index (χ1v) is 5.65. The van der Waals surface area contributed by atoms with Crippen LogP contribution in [0.25, 0.3) is 0 Å². The van der Waals surface area contributed by atoms with Gasteiger partial charge in [-0.25, -0.2) is 5.32 Å². The van der Waals surface area contributed by atoms with Crippen LogP contribution in [0.5, 0.6) is 5.75 Å². The van der Waals surface area contributed by atoms with Gasteiger partial charge in [-0.1, -0.05) is 11.6 Å². The molecule has 0 amide bonds. The minimum absolute atomic E-state index is 0.0326. The third-order valence-corrected chi connectivity index (χ3v) is 3.06. The van der Waals surface area contributed by atoms with Gasteiger partial charge in [-0.15, -0.1) is 0 Å². The number of ketones is 1. The van der Waals surface area contributed by atoms with E-state index < -0.39 is 0 Å². The summed E-state index contributed by atoms with van der Waals surface area (Å²) in [5.41, 5.74) is 1.47.